The van der Waals surface area contributed by atoms with Crippen LogP contribution in [0.5, 0.6) is 0 Å². The predicted octanol–water partition coefficient (Wildman–Crippen LogP) is 6.33. The van der Waals surface area contributed by atoms with E-state index in [4.69, 9.17) is 0 Å². The largest absolute Gasteiger partial charge is 0.409 e. The van der Waals surface area contributed by atoms with Gasteiger partial charge in [-0.2, -0.15) is 13.2 Å². The van der Waals surface area contributed by atoms with Gasteiger partial charge in [0.1, 0.15) is 0 Å². The number of rotatable bonds is 8. The van der Waals surface area contributed by atoms with E-state index in [1.807, 2.05) is 24.3 Å². The molecule has 30 heavy (non-hydrogen) atoms. The molecule has 0 saturated carbocycles. The minimum Gasteiger partial charge on any atom is -0.287 e. The number of carbonyl (C=O) groups is 1. The maximum absolute atomic E-state index is 14.3. The number of amides is 1. The van der Waals surface area contributed by atoms with Crippen LogP contribution in [0.2, 0.25) is 0 Å². The van der Waals surface area contributed by atoms with Gasteiger partial charge >= 0.3 is 6.18 Å². The maximum Gasteiger partial charge on any atom is 0.409 e. The Morgan fingerprint density at radius 1 is 1.07 bits per heavy atom. The van der Waals surface area contributed by atoms with Crippen molar-refractivity contribution >= 4 is 16.7 Å². The van der Waals surface area contributed by atoms with Crippen molar-refractivity contribution < 1.29 is 18.0 Å². The van der Waals surface area contributed by atoms with Crippen LogP contribution in [0.15, 0.2) is 36.4 Å². The molecule has 0 spiro atoms. The number of aryl methyl sites for hydroxylation is 1. The van der Waals surface area contributed by atoms with Gasteiger partial charge in [-0.05, 0) is 48.6 Å². The van der Waals surface area contributed by atoms with E-state index in [9.17, 15) is 18.0 Å². The summed E-state index contributed by atoms with van der Waals surface area (Å²) < 4.78 is 42.9. The van der Waals surface area contributed by atoms with Crippen LogP contribution in [-0.2, 0) is 11.2 Å². The monoisotopic (exact) mass is 420 g/mol. The first-order valence-electron chi connectivity index (χ1n) is 10.8. The summed E-state index contributed by atoms with van der Waals surface area (Å²) in [6, 6.07) is 8.91. The van der Waals surface area contributed by atoms with Crippen LogP contribution >= 0.6 is 0 Å². The van der Waals surface area contributed by atoms with Crippen LogP contribution in [0, 0.1) is 5.41 Å². The molecule has 0 aromatic heterocycles. The van der Waals surface area contributed by atoms with E-state index in [2.05, 4.69) is 12.3 Å². The van der Waals surface area contributed by atoms with Crippen molar-refractivity contribution in [3.8, 4) is 0 Å². The number of hydrogen-bond donors (Lipinski definition) is 1. The van der Waals surface area contributed by atoms with E-state index in [0.717, 1.165) is 48.1 Å². The second kappa shape index (κ2) is 8.96. The molecule has 1 fully saturated rings. The fraction of sp³-hybridized carbons (Fsp3) is 0.542. The Bertz CT molecular complexity index is 886. The summed E-state index contributed by atoms with van der Waals surface area (Å²) in [6.45, 7) is 5.50. The molecule has 1 aliphatic rings. The summed E-state index contributed by atoms with van der Waals surface area (Å²) in [5.41, 5.74) is 2.76. The van der Waals surface area contributed by atoms with E-state index >= 15 is 0 Å². The molecule has 164 valence electrons. The van der Waals surface area contributed by atoms with E-state index < -0.39 is 17.6 Å². The standard InChI is InChI=1S/C24H31F3N2O/c1-4-5-6-7-8-11-17-12-9-13-18-14-10-15-19(20(17)18)21(24(25,26)27)29-16-23(2,3)22(30)28-29/h9-10,12-15,21H,4-8,11,16H2,1-3H3,(H,28,30). The summed E-state index contributed by atoms with van der Waals surface area (Å²) >= 11 is 0. The van der Waals surface area contributed by atoms with Gasteiger partial charge in [-0.25, -0.2) is 5.01 Å². The predicted molar refractivity (Wildman–Crippen MR) is 114 cm³/mol. The van der Waals surface area contributed by atoms with Crippen molar-refractivity contribution in [2.75, 3.05) is 6.54 Å². The van der Waals surface area contributed by atoms with Crippen LogP contribution in [0.25, 0.3) is 10.8 Å². The zero-order valence-electron chi connectivity index (χ0n) is 18.0. The van der Waals surface area contributed by atoms with Crippen molar-refractivity contribution in [3.63, 3.8) is 0 Å². The van der Waals surface area contributed by atoms with Crippen molar-refractivity contribution in [1.82, 2.24) is 10.4 Å². The summed E-state index contributed by atoms with van der Waals surface area (Å²) in [4.78, 5) is 12.2. The molecule has 3 nitrogen and oxygen atoms in total. The zero-order valence-corrected chi connectivity index (χ0v) is 18.0. The van der Waals surface area contributed by atoms with Gasteiger partial charge in [-0.15, -0.1) is 0 Å². The smallest absolute Gasteiger partial charge is 0.287 e. The first kappa shape index (κ1) is 22.6. The lowest BCUT2D eigenvalue weighted by Crippen LogP contribution is -2.43. The Kier molecular flexibility index (Phi) is 6.75. The highest BCUT2D eigenvalue weighted by atomic mass is 19.4. The minimum atomic E-state index is -4.52. The van der Waals surface area contributed by atoms with Gasteiger partial charge < -0.3 is 0 Å². The van der Waals surface area contributed by atoms with Gasteiger partial charge in [0.15, 0.2) is 6.04 Å². The number of carbonyl (C=O) groups excluding carboxylic acids is 1. The third-order valence-electron chi connectivity index (χ3n) is 5.91. The van der Waals surface area contributed by atoms with E-state index in [1.54, 1.807) is 26.0 Å². The van der Waals surface area contributed by atoms with Gasteiger partial charge in [0.25, 0.3) is 0 Å². The highest BCUT2D eigenvalue weighted by molar-refractivity contribution is 5.90. The lowest BCUT2D eigenvalue weighted by atomic mass is 9.90. The molecule has 0 radical (unpaired) electrons. The molecule has 1 N–H and O–H groups in total. The second-order valence-corrected chi connectivity index (χ2v) is 8.92. The summed E-state index contributed by atoms with van der Waals surface area (Å²) in [6.07, 6.45) is 1.75. The van der Waals surface area contributed by atoms with Crippen LogP contribution in [0.1, 0.15) is 70.0 Å². The Morgan fingerprint density at radius 2 is 1.73 bits per heavy atom. The Hall–Kier alpha value is -2.08. The second-order valence-electron chi connectivity index (χ2n) is 8.92. The number of hydrogen-bond acceptors (Lipinski definition) is 2. The molecule has 6 heteroatoms. The maximum atomic E-state index is 14.3. The highest BCUT2D eigenvalue weighted by Gasteiger charge is 2.51. The third kappa shape index (κ3) is 4.80. The first-order valence-corrected chi connectivity index (χ1v) is 10.8. The summed E-state index contributed by atoms with van der Waals surface area (Å²) in [7, 11) is 0. The average Bonchev–Trinajstić information content (AvgIpc) is 2.92. The van der Waals surface area contributed by atoms with Crippen LogP contribution in [0.3, 0.4) is 0 Å². The first-order chi connectivity index (χ1) is 14.1. The van der Waals surface area contributed by atoms with Crippen molar-refractivity contribution in [3.05, 3.63) is 47.5 Å². The highest BCUT2D eigenvalue weighted by Crippen LogP contribution is 2.43. The number of hydrazine groups is 1. The fourth-order valence-corrected chi connectivity index (χ4v) is 4.30. The van der Waals surface area contributed by atoms with Gasteiger partial charge in [-0.1, -0.05) is 69.0 Å². The molecule has 1 aliphatic heterocycles. The molecular formula is C24H31F3N2O. The third-order valence-corrected chi connectivity index (χ3v) is 5.91. The summed E-state index contributed by atoms with van der Waals surface area (Å²) in [5.74, 6) is -0.381. The quantitative estimate of drug-likeness (QED) is 0.506. The Morgan fingerprint density at radius 3 is 2.33 bits per heavy atom. The number of halogens is 3. The number of fused-ring (bicyclic) bond motifs is 1. The molecule has 1 atom stereocenters. The Labute approximate surface area is 176 Å². The normalized spacial score (nSPS) is 18.0. The SMILES string of the molecule is CCCCCCCc1cccc2cccc(C(N3CC(C)(C)C(=O)N3)C(F)(F)F)c12. The number of nitrogens with one attached hydrogen (secondary N) is 1. The lowest BCUT2D eigenvalue weighted by molar-refractivity contribution is -0.191. The molecular weight excluding hydrogens is 389 g/mol. The summed E-state index contributed by atoms with van der Waals surface area (Å²) in [5, 5.41) is 2.53. The number of alkyl halides is 3. The molecule has 1 unspecified atom stereocenters. The average molecular weight is 421 g/mol. The number of benzene rings is 2. The number of unbranched alkanes of at least 4 members (excludes halogenated alkanes) is 4. The van der Waals surface area contributed by atoms with Gasteiger partial charge in [0.05, 0.1) is 5.41 Å². The van der Waals surface area contributed by atoms with E-state index in [-0.39, 0.29) is 18.0 Å². The zero-order chi connectivity index (χ0) is 21.9. The van der Waals surface area contributed by atoms with Crippen molar-refractivity contribution in [2.24, 2.45) is 5.41 Å². The topological polar surface area (TPSA) is 32.3 Å². The van der Waals surface area contributed by atoms with Crippen LogP contribution in [0.4, 0.5) is 13.2 Å². The van der Waals surface area contributed by atoms with Crippen LogP contribution in [-0.4, -0.2) is 23.6 Å². The van der Waals surface area contributed by atoms with Gasteiger partial charge in [0, 0.05) is 6.54 Å². The van der Waals surface area contributed by atoms with Gasteiger partial charge in [-0.3, -0.25) is 10.2 Å². The van der Waals surface area contributed by atoms with Crippen LogP contribution < -0.4 is 5.43 Å². The molecule has 1 heterocycles. The van der Waals surface area contributed by atoms with E-state index in [1.165, 1.54) is 6.42 Å². The molecule has 3 rings (SSSR count). The van der Waals surface area contributed by atoms with Crippen molar-refractivity contribution in [2.45, 2.75) is 71.5 Å². The molecule has 0 aliphatic carbocycles. The molecule has 1 saturated heterocycles. The minimum absolute atomic E-state index is 0.00554. The Balaban J connectivity index is 2.01. The van der Waals surface area contributed by atoms with Crippen molar-refractivity contribution in [1.29, 1.82) is 0 Å². The molecule has 1 amide bonds. The van der Waals surface area contributed by atoms with E-state index in [0.29, 0.717) is 5.39 Å². The number of nitrogens with zero attached hydrogens (tertiary/aromatic N) is 1. The molecule has 0 bridgehead atoms. The molecule has 2 aromatic carbocycles. The fourth-order valence-electron chi connectivity index (χ4n) is 4.30. The lowest BCUT2D eigenvalue weighted by Gasteiger charge is -2.31. The molecule has 2 aromatic rings. The van der Waals surface area contributed by atoms with Gasteiger partial charge in [0.2, 0.25) is 5.91 Å².